The fraction of sp³-hybridized carbons (Fsp3) is 0. The molecule has 110 valence electrons. The van der Waals surface area contributed by atoms with Gasteiger partial charge in [0.2, 0.25) is 10.4 Å². The molecule has 0 aliphatic rings. The first-order chi connectivity index (χ1) is 9.72. The van der Waals surface area contributed by atoms with Crippen molar-refractivity contribution in [3.63, 3.8) is 0 Å². The van der Waals surface area contributed by atoms with Gasteiger partial charge in [-0.25, -0.2) is 13.4 Å². The normalized spacial score (nSPS) is 11.1. The van der Waals surface area contributed by atoms with Crippen molar-refractivity contribution >= 4 is 43.6 Å². The van der Waals surface area contributed by atoms with E-state index in [4.69, 9.17) is 29.0 Å². The second-order valence-corrected chi connectivity index (χ2v) is 5.18. The molecule has 21 heavy (non-hydrogen) atoms. The number of nitrogen functional groups attached to an aromatic ring is 2. The molecule has 1 heterocycles. The summed E-state index contributed by atoms with van der Waals surface area (Å²) in [7, 11) is -4.92. The zero-order chi connectivity index (χ0) is 15.6. The van der Waals surface area contributed by atoms with Gasteiger partial charge < -0.3 is 16.0 Å². The van der Waals surface area contributed by atoms with Crippen LogP contribution in [0.1, 0.15) is 0 Å². The van der Waals surface area contributed by atoms with Crippen molar-refractivity contribution in [1.82, 2.24) is 4.98 Å². The summed E-state index contributed by atoms with van der Waals surface area (Å²) in [6.45, 7) is 0. The van der Waals surface area contributed by atoms with Gasteiger partial charge in [0.15, 0.2) is 0 Å². The maximum Gasteiger partial charge on any atom is 0.215 e. The zero-order valence-corrected chi connectivity index (χ0v) is 11.5. The van der Waals surface area contributed by atoms with E-state index in [2.05, 4.69) is 11.1 Å². The van der Waals surface area contributed by atoms with Crippen LogP contribution in [0.15, 0.2) is 42.5 Å². The molecule has 0 radical (unpaired) electrons. The predicted octanol–water partition coefficient (Wildman–Crippen LogP) is 1.56. The number of nitrogens with zero attached hydrogens (tertiary/aromatic N) is 1. The molecule has 0 amide bonds. The van der Waals surface area contributed by atoms with Gasteiger partial charge in [0.25, 0.3) is 0 Å². The number of nitrogens with two attached hydrogens (primary N) is 2. The highest BCUT2D eigenvalue weighted by Crippen LogP contribution is 2.22. The second-order valence-electron chi connectivity index (χ2n) is 4.32. The van der Waals surface area contributed by atoms with E-state index in [0.29, 0.717) is 0 Å². The molecular formula is C13H12N3O4S-. The lowest BCUT2D eigenvalue weighted by Crippen LogP contribution is -1.90. The van der Waals surface area contributed by atoms with Crippen LogP contribution in [0.4, 0.5) is 11.4 Å². The SMILES string of the molecule is Nc1ccc2cc3ccc(N)cc3nc2c1.O=S(=O)([O-])O. The van der Waals surface area contributed by atoms with Crippen molar-refractivity contribution in [3.05, 3.63) is 42.5 Å². The average molecular weight is 306 g/mol. The summed E-state index contributed by atoms with van der Waals surface area (Å²) in [6, 6.07) is 13.6. The molecule has 5 N–H and O–H groups in total. The monoisotopic (exact) mass is 306 g/mol. The Labute approximate surface area is 120 Å². The van der Waals surface area contributed by atoms with Crippen LogP contribution in [-0.4, -0.2) is 22.5 Å². The molecule has 0 atom stereocenters. The molecule has 2 aromatic carbocycles. The van der Waals surface area contributed by atoms with E-state index in [0.717, 1.165) is 33.2 Å². The van der Waals surface area contributed by atoms with E-state index in [1.807, 2.05) is 36.4 Å². The molecule has 0 unspecified atom stereocenters. The molecule has 0 bridgehead atoms. The summed E-state index contributed by atoms with van der Waals surface area (Å²) in [5, 5.41) is 2.18. The van der Waals surface area contributed by atoms with Gasteiger partial charge in [-0.15, -0.1) is 0 Å². The molecule has 0 fully saturated rings. The van der Waals surface area contributed by atoms with Gasteiger partial charge in [0.1, 0.15) is 0 Å². The standard InChI is InChI=1S/C13H11N3.H2O4S/c14-10-3-1-8-5-9-2-4-11(15)7-13(9)16-12(8)6-10;1-5(2,3)4/h1-7H,14-15H2;(H2,1,2,3,4)/p-1. The Kier molecular flexibility index (Phi) is 3.94. The molecule has 1 aromatic heterocycles. The van der Waals surface area contributed by atoms with Gasteiger partial charge in [-0.1, -0.05) is 12.1 Å². The Bertz CT molecular complexity index is 845. The average Bonchev–Trinajstić information content (AvgIpc) is 2.34. The van der Waals surface area contributed by atoms with Crippen LogP contribution >= 0.6 is 0 Å². The van der Waals surface area contributed by atoms with E-state index in [1.54, 1.807) is 0 Å². The summed E-state index contributed by atoms with van der Waals surface area (Å²) in [5.41, 5.74) is 14.7. The Morgan fingerprint density at radius 1 is 0.905 bits per heavy atom. The summed E-state index contributed by atoms with van der Waals surface area (Å²) in [5.74, 6) is 0. The Hall–Kier alpha value is -2.42. The van der Waals surface area contributed by atoms with Gasteiger partial charge in [0, 0.05) is 22.1 Å². The van der Waals surface area contributed by atoms with Gasteiger partial charge in [0.05, 0.1) is 11.0 Å². The molecule has 0 saturated carbocycles. The highest BCUT2D eigenvalue weighted by atomic mass is 32.3. The highest BCUT2D eigenvalue weighted by Gasteiger charge is 2.00. The van der Waals surface area contributed by atoms with Crippen LogP contribution in [0, 0.1) is 0 Å². The van der Waals surface area contributed by atoms with Crippen LogP contribution in [0.3, 0.4) is 0 Å². The molecule has 0 aliphatic heterocycles. The quantitative estimate of drug-likeness (QED) is 0.247. The number of benzene rings is 2. The fourth-order valence-electron chi connectivity index (χ4n) is 1.86. The maximum atomic E-state index is 8.63. The van der Waals surface area contributed by atoms with Crippen molar-refractivity contribution in [2.24, 2.45) is 0 Å². The largest absolute Gasteiger partial charge is 0.726 e. The third kappa shape index (κ3) is 4.28. The number of rotatable bonds is 0. The highest BCUT2D eigenvalue weighted by molar-refractivity contribution is 7.79. The minimum absolute atomic E-state index is 0.725. The lowest BCUT2D eigenvalue weighted by molar-refractivity contribution is 0.366. The van der Waals surface area contributed by atoms with E-state index in [9.17, 15) is 0 Å². The van der Waals surface area contributed by atoms with Crippen LogP contribution in [0.25, 0.3) is 21.8 Å². The lowest BCUT2D eigenvalue weighted by Gasteiger charge is -2.03. The Morgan fingerprint density at radius 2 is 1.29 bits per heavy atom. The first-order valence-electron chi connectivity index (χ1n) is 5.76. The topological polar surface area (TPSA) is 142 Å². The third-order valence-electron chi connectivity index (χ3n) is 2.66. The molecular weight excluding hydrogens is 294 g/mol. The van der Waals surface area contributed by atoms with Crippen molar-refractivity contribution in [3.8, 4) is 0 Å². The smallest absolute Gasteiger partial charge is 0.215 e. The van der Waals surface area contributed by atoms with Crippen molar-refractivity contribution < 1.29 is 17.5 Å². The number of pyridine rings is 1. The van der Waals surface area contributed by atoms with Gasteiger partial charge in [-0.05, 0) is 30.3 Å². The van der Waals surface area contributed by atoms with E-state index in [1.165, 1.54) is 0 Å². The Morgan fingerprint density at radius 3 is 1.67 bits per heavy atom. The summed E-state index contributed by atoms with van der Waals surface area (Å²) >= 11 is 0. The summed E-state index contributed by atoms with van der Waals surface area (Å²) < 4.78 is 32.8. The van der Waals surface area contributed by atoms with Gasteiger partial charge in [-0.2, -0.15) is 0 Å². The molecule has 0 aliphatic carbocycles. The molecule has 0 spiro atoms. The van der Waals surface area contributed by atoms with Crippen LogP contribution in [0.5, 0.6) is 0 Å². The van der Waals surface area contributed by atoms with E-state index < -0.39 is 10.4 Å². The first kappa shape index (κ1) is 15.0. The lowest BCUT2D eigenvalue weighted by atomic mass is 10.1. The van der Waals surface area contributed by atoms with Gasteiger partial charge in [-0.3, -0.25) is 4.55 Å². The number of aromatic nitrogens is 1. The minimum atomic E-state index is -4.92. The molecule has 8 heteroatoms. The van der Waals surface area contributed by atoms with Crippen molar-refractivity contribution in [1.29, 1.82) is 0 Å². The van der Waals surface area contributed by atoms with Crippen LogP contribution < -0.4 is 11.5 Å². The van der Waals surface area contributed by atoms with E-state index in [-0.39, 0.29) is 0 Å². The van der Waals surface area contributed by atoms with Gasteiger partial charge >= 0.3 is 0 Å². The number of hydrogen-bond acceptors (Lipinski definition) is 6. The predicted molar refractivity (Wildman–Crippen MR) is 80.4 cm³/mol. The minimum Gasteiger partial charge on any atom is -0.726 e. The first-order valence-corrected chi connectivity index (χ1v) is 7.13. The maximum absolute atomic E-state index is 8.63. The summed E-state index contributed by atoms with van der Waals surface area (Å²) in [4.78, 5) is 4.54. The Balaban J connectivity index is 0.000000282. The van der Waals surface area contributed by atoms with Crippen LogP contribution in [-0.2, 0) is 10.4 Å². The van der Waals surface area contributed by atoms with E-state index >= 15 is 0 Å². The molecule has 3 rings (SSSR count). The summed E-state index contributed by atoms with van der Waals surface area (Å²) in [6.07, 6.45) is 0. The fourth-order valence-corrected chi connectivity index (χ4v) is 1.86. The molecule has 7 nitrogen and oxygen atoms in total. The van der Waals surface area contributed by atoms with Crippen molar-refractivity contribution in [2.75, 3.05) is 11.5 Å². The second kappa shape index (κ2) is 5.52. The van der Waals surface area contributed by atoms with Crippen molar-refractivity contribution in [2.45, 2.75) is 0 Å². The third-order valence-corrected chi connectivity index (χ3v) is 2.66. The van der Waals surface area contributed by atoms with Crippen LogP contribution in [0.2, 0.25) is 0 Å². The number of hydrogen-bond donors (Lipinski definition) is 3. The zero-order valence-electron chi connectivity index (χ0n) is 10.7. The molecule has 3 aromatic rings. The molecule has 0 saturated heterocycles. The number of anilines is 2. The number of fused-ring (bicyclic) bond motifs is 2.